The van der Waals surface area contributed by atoms with Crippen molar-refractivity contribution in [1.82, 2.24) is 0 Å². The SMILES string of the molecule is COc1ccc(/C(C[C@H](O)COC[C@H]2COC(C)(C)O2)=N/[S@@+]([O-])C(C)(C)C)c(O)c1. The first-order valence-electron chi connectivity index (χ1n) is 9.86. The summed E-state index contributed by atoms with van der Waals surface area (Å²) in [5.74, 6) is -0.209. The maximum absolute atomic E-state index is 12.6. The Morgan fingerprint density at radius 1 is 1.40 bits per heavy atom. The molecule has 1 saturated heterocycles. The molecule has 3 atom stereocenters. The van der Waals surface area contributed by atoms with Gasteiger partial charge in [-0.05, 0) is 46.8 Å². The van der Waals surface area contributed by atoms with Crippen LogP contribution in [0.1, 0.15) is 46.6 Å². The molecule has 1 aliphatic rings. The van der Waals surface area contributed by atoms with Crippen molar-refractivity contribution >= 4 is 17.1 Å². The lowest BCUT2D eigenvalue weighted by Gasteiger charge is -2.21. The first kappa shape index (κ1) is 24.9. The number of aliphatic hydroxyl groups is 1. The molecule has 170 valence electrons. The van der Waals surface area contributed by atoms with Crippen LogP contribution in [0, 0.1) is 0 Å². The first-order valence-corrected chi connectivity index (χ1v) is 11.0. The molecule has 30 heavy (non-hydrogen) atoms. The van der Waals surface area contributed by atoms with Crippen molar-refractivity contribution in [3.05, 3.63) is 23.8 Å². The molecule has 0 radical (unpaired) electrons. The smallest absolute Gasteiger partial charge is 0.163 e. The summed E-state index contributed by atoms with van der Waals surface area (Å²) >= 11 is -1.56. The molecular weight excluding hydrogens is 410 g/mol. The minimum absolute atomic E-state index is 0.0401. The monoisotopic (exact) mass is 443 g/mol. The number of hydrogen-bond donors (Lipinski definition) is 2. The topological polar surface area (TPSA) is 113 Å². The van der Waals surface area contributed by atoms with Crippen LogP contribution in [-0.2, 0) is 25.6 Å². The molecular formula is C21H33NO7S. The van der Waals surface area contributed by atoms with E-state index in [1.165, 1.54) is 13.2 Å². The summed E-state index contributed by atoms with van der Waals surface area (Å²) in [4.78, 5) is 0. The van der Waals surface area contributed by atoms with Gasteiger partial charge in [-0.2, -0.15) is 0 Å². The van der Waals surface area contributed by atoms with Gasteiger partial charge in [0.15, 0.2) is 5.79 Å². The summed E-state index contributed by atoms with van der Waals surface area (Å²) in [5, 5.41) is 20.9. The van der Waals surface area contributed by atoms with Crippen LogP contribution < -0.4 is 4.74 Å². The van der Waals surface area contributed by atoms with Gasteiger partial charge in [-0.15, -0.1) is 0 Å². The van der Waals surface area contributed by atoms with Crippen LogP contribution in [0.15, 0.2) is 22.6 Å². The van der Waals surface area contributed by atoms with Gasteiger partial charge in [-0.3, -0.25) is 0 Å². The van der Waals surface area contributed by atoms with E-state index in [0.717, 1.165) is 0 Å². The summed E-state index contributed by atoms with van der Waals surface area (Å²) in [6, 6.07) is 4.76. The van der Waals surface area contributed by atoms with Crippen molar-refractivity contribution in [1.29, 1.82) is 0 Å². The van der Waals surface area contributed by atoms with Crippen LogP contribution >= 0.6 is 0 Å². The van der Waals surface area contributed by atoms with E-state index in [9.17, 15) is 14.8 Å². The highest BCUT2D eigenvalue weighted by Crippen LogP contribution is 2.28. The third-order valence-corrected chi connectivity index (χ3v) is 5.78. The van der Waals surface area contributed by atoms with Crippen molar-refractivity contribution in [2.75, 3.05) is 26.9 Å². The zero-order valence-electron chi connectivity index (χ0n) is 18.5. The number of benzene rings is 1. The highest BCUT2D eigenvalue weighted by Gasteiger charge is 2.33. The Bertz CT molecular complexity index is 733. The number of hydrogen-bond acceptors (Lipinski definition) is 8. The maximum atomic E-state index is 12.6. The average Bonchev–Trinajstić information content (AvgIpc) is 2.99. The second-order valence-corrected chi connectivity index (χ2v) is 10.5. The molecule has 2 rings (SSSR count). The van der Waals surface area contributed by atoms with Crippen molar-refractivity contribution < 1.29 is 33.7 Å². The molecule has 0 spiro atoms. The Hall–Kier alpha value is -1.36. The Kier molecular flexibility index (Phi) is 8.55. The van der Waals surface area contributed by atoms with E-state index < -0.39 is 28.0 Å². The van der Waals surface area contributed by atoms with Crippen LogP contribution in [0.25, 0.3) is 0 Å². The fourth-order valence-corrected chi connectivity index (χ4v) is 3.43. The molecule has 2 N–H and O–H groups in total. The highest BCUT2D eigenvalue weighted by atomic mass is 32.2. The minimum Gasteiger partial charge on any atom is -0.591 e. The van der Waals surface area contributed by atoms with E-state index in [2.05, 4.69) is 4.40 Å². The van der Waals surface area contributed by atoms with Crippen molar-refractivity contribution in [2.45, 2.75) is 63.8 Å². The molecule has 1 aromatic rings. The Labute approximate surface area is 181 Å². The summed E-state index contributed by atoms with van der Waals surface area (Å²) in [7, 11) is 1.50. The molecule has 0 aliphatic carbocycles. The predicted octanol–water partition coefficient (Wildman–Crippen LogP) is 2.57. The molecule has 0 amide bonds. The number of rotatable bonds is 9. The Balaban J connectivity index is 2.06. The van der Waals surface area contributed by atoms with Gasteiger partial charge in [0.05, 0.1) is 33.0 Å². The Morgan fingerprint density at radius 3 is 2.63 bits per heavy atom. The summed E-state index contributed by atoms with van der Waals surface area (Å²) < 4.78 is 38.2. The third kappa shape index (κ3) is 7.40. The third-order valence-electron chi connectivity index (χ3n) is 4.34. The van der Waals surface area contributed by atoms with Gasteiger partial charge in [0.25, 0.3) is 0 Å². The van der Waals surface area contributed by atoms with Gasteiger partial charge in [0.1, 0.15) is 39.4 Å². The van der Waals surface area contributed by atoms with Crippen LogP contribution in [0.3, 0.4) is 0 Å². The molecule has 0 saturated carbocycles. The van der Waals surface area contributed by atoms with Crippen molar-refractivity contribution in [3.8, 4) is 11.5 Å². The van der Waals surface area contributed by atoms with Crippen LogP contribution in [0.5, 0.6) is 11.5 Å². The lowest BCUT2D eigenvalue weighted by atomic mass is 10.0. The van der Waals surface area contributed by atoms with Crippen molar-refractivity contribution in [3.63, 3.8) is 0 Å². The zero-order chi connectivity index (χ0) is 22.5. The minimum atomic E-state index is -1.56. The number of nitrogens with zero attached hydrogens (tertiary/aromatic N) is 1. The molecule has 9 heteroatoms. The van der Waals surface area contributed by atoms with E-state index in [-0.39, 0.29) is 31.5 Å². The standard InChI is InChI=1S/C21H33NO7S/c1-20(2,3)30(25)22-18(17-8-7-15(26-6)10-19(17)24)9-14(23)11-27-12-16-13-28-21(4,5)29-16/h7-8,10,14,16,23-24H,9,11-13H2,1-6H3/b22-18+/t14-,16-,30-/m0/s1. The average molecular weight is 444 g/mol. The second kappa shape index (κ2) is 10.3. The van der Waals surface area contributed by atoms with Gasteiger partial charge in [-0.1, -0.05) is 4.40 Å². The van der Waals surface area contributed by atoms with Crippen molar-refractivity contribution in [2.24, 2.45) is 4.40 Å². The zero-order valence-corrected chi connectivity index (χ0v) is 19.3. The molecule has 0 bridgehead atoms. The van der Waals surface area contributed by atoms with Gasteiger partial charge >= 0.3 is 0 Å². The Morgan fingerprint density at radius 2 is 2.10 bits per heavy atom. The predicted molar refractivity (Wildman–Crippen MR) is 115 cm³/mol. The normalized spacial score (nSPS) is 21.5. The number of phenols is 1. The summed E-state index contributed by atoms with van der Waals surface area (Å²) in [6.07, 6.45) is -1.04. The van der Waals surface area contributed by atoms with E-state index in [4.69, 9.17) is 18.9 Å². The van der Waals surface area contributed by atoms with E-state index in [1.54, 1.807) is 12.1 Å². The molecule has 8 nitrogen and oxygen atoms in total. The maximum Gasteiger partial charge on any atom is 0.163 e. The summed E-state index contributed by atoms with van der Waals surface area (Å²) in [6.45, 7) is 9.85. The highest BCUT2D eigenvalue weighted by molar-refractivity contribution is 7.91. The molecule has 1 fully saturated rings. The molecule has 0 unspecified atom stereocenters. The van der Waals surface area contributed by atoms with Crippen LogP contribution in [0.4, 0.5) is 0 Å². The lowest BCUT2D eigenvalue weighted by Crippen LogP contribution is -2.29. The van der Waals surface area contributed by atoms with Gasteiger partial charge < -0.3 is 33.7 Å². The van der Waals surface area contributed by atoms with E-state index in [1.807, 2.05) is 34.6 Å². The quantitative estimate of drug-likeness (QED) is 0.445. The number of aromatic hydroxyl groups is 1. The largest absolute Gasteiger partial charge is 0.591 e. The van der Waals surface area contributed by atoms with E-state index >= 15 is 0 Å². The molecule has 1 aromatic carbocycles. The van der Waals surface area contributed by atoms with Gasteiger partial charge in [0.2, 0.25) is 0 Å². The fourth-order valence-electron chi connectivity index (χ4n) is 2.78. The molecule has 0 aromatic heterocycles. The van der Waals surface area contributed by atoms with E-state index in [0.29, 0.717) is 23.6 Å². The summed E-state index contributed by atoms with van der Waals surface area (Å²) in [5.41, 5.74) is 0.725. The molecule has 1 heterocycles. The number of phenolic OH excluding ortho intramolecular Hbond substituents is 1. The number of aliphatic hydroxyl groups excluding tert-OH is 1. The molecule has 1 aliphatic heterocycles. The first-order chi connectivity index (χ1) is 13.9. The van der Waals surface area contributed by atoms with Gasteiger partial charge in [-0.25, -0.2) is 0 Å². The second-order valence-electron chi connectivity index (χ2n) is 8.63. The number of methoxy groups -OCH3 is 1. The number of ether oxygens (including phenoxy) is 4. The van der Waals surface area contributed by atoms with Gasteiger partial charge in [0, 0.05) is 18.1 Å². The fraction of sp³-hybridized carbons (Fsp3) is 0.667. The van der Waals surface area contributed by atoms with Crippen LogP contribution in [-0.4, -0.2) is 70.1 Å². The van der Waals surface area contributed by atoms with Crippen LogP contribution in [0.2, 0.25) is 0 Å². The lowest BCUT2D eigenvalue weighted by molar-refractivity contribution is -0.146.